The van der Waals surface area contributed by atoms with Gasteiger partial charge in [0.05, 0.1) is 7.11 Å². The van der Waals surface area contributed by atoms with Crippen molar-refractivity contribution >= 4 is 23.3 Å². The number of anilines is 1. The van der Waals surface area contributed by atoms with E-state index in [1.165, 1.54) is 12.7 Å². The first-order valence-corrected chi connectivity index (χ1v) is 7.86. The Kier molecular flexibility index (Phi) is 4.52. The summed E-state index contributed by atoms with van der Waals surface area (Å²) in [6.07, 6.45) is 1.69. The Morgan fingerprint density at radius 3 is 2.76 bits per heavy atom. The van der Waals surface area contributed by atoms with Crippen LogP contribution in [-0.4, -0.2) is 24.7 Å². The second kappa shape index (κ2) is 5.88. The van der Waals surface area contributed by atoms with Crippen molar-refractivity contribution in [3.63, 3.8) is 0 Å². The summed E-state index contributed by atoms with van der Waals surface area (Å²) in [6.45, 7) is 8.61. The lowest BCUT2D eigenvalue weighted by Gasteiger charge is -2.50. The van der Waals surface area contributed by atoms with Crippen LogP contribution in [0.15, 0.2) is 18.2 Å². The first kappa shape index (κ1) is 16.2. The van der Waals surface area contributed by atoms with Gasteiger partial charge in [0.15, 0.2) is 0 Å². The number of nitrogens with zero attached hydrogens (tertiary/aromatic N) is 1. The van der Waals surface area contributed by atoms with Crippen LogP contribution in [0.3, 0.4) is 0 Å². The quantitative estimate of drug-likeness (QED) is 0.776. The molecular formula is C17H24ClNO2. The Bertz CT molecular complexity index is 542. The van der Waals surface area contributed by atoms with Crippen LogP contribution in [0.1, 0.15) is 52.0 Å². The molecule has 1 aliphatic rings. The van der Waals surface area contributed by atoms with Crippen LogP contribution in [0.25, 0.3) is 0 Å². The van der Waals surface area contributed by atoms with Gasteiger partial charge in [-0.25, -0.2) is 4.79 Å². The Labute approximate surface area is 132 Å². The Balaban J connectivity index is 2.57. The largest absolute Gasteiger partial charge is 0.467 e. The minimum absolute atomic E-state index is 0.102. The molecular weight excluding hydrogens is 286 g/mol. The van der Waals surface area contributed by atoms with Gasteiger partial charge < -0.3 is 9.64 Å². The number of rotatable bonds is 3. The standard InChI is InChI=1S/C17H24ClNO2/c1-6-14(16(20)21-5)19-15-8-7-12(18)9-13(15)11(2)10-17(19,3)4/h7-9,11,14H,6,10H2,1-5H3/t11-,14-/m1/s1. The van der Waals surface area contributed by atoms with Crippen molar-refractivity contribution in [1.29, 1.82) is 0 Å². The van der Waals surface area contributed by atoms with Crippen molar-refractivity contribution in [2.75, 3.05) is 12.0 Å². The smallest absolute Gasteiger partial charge is 0.328 e. The van der Waals surface area contributed by atoms with E-state index in [9.17, 15) is 4.79 Å². The van der Waals surface area contributed by atoms with Crippen LogP contribution in [0.4, 0.5) is 5.69 Å². The van der Waals surface area contributed by atoms with Crippen LogP contribution in [0, 0.1) is 0 Å². The number of benzene rings is 1. The zero-order valence-corrected chi connectivity index (χ0v) is 14.2. The number of esters is 1. The van der Waals surface area contributed by atoms with E-state index in [0.29, 0.717) is 12.3 Å². The Hall–Kier alpha value is -1.22. The van der Waals surface area contributed by atoms with Crippen LogP contribution in [-0.2, 0) is 9.53 Å². The van der Waals surface area contributed by atoms with E-state index >= 15 is 0 Å². The number of hydrogen-bond donors (Lipinski definition) is 0. The molecule has 0 fully saturated rings. The molecule has 1 heterocycles. The summed E-state index contributed by atoms with van der Waals surface area (Å²) in [4.78, 5) is 14.4. The van der Waals surface area contributed by atoms with Crippen LogP contribution < -0.4 is 4.90 Å². The first-order chi connectivity index (χ1) is 9.81. The minimum atomic E-state index is -0.266. The number of fused-ring (bicyclic) bond motifs is 1. The Morgan fingerprint density at radius 2 is 2.19 bits per heavy atom. The van der Waals surface area contributed by atoms with E-state index in [-0.39, 0.29) is 17.6 Å². The maximum atomic E-state index is 12.2. The van der Waals surface area contributed by atoms with Gasteiger partial charge in [0.25, 0.3) is 0 Å². The Morgan fingerprint density at radius 1 is 1.52 bits per heavy atom. The molecule has 2 atom stereocenters. The van der Waals surface area contributed by atoms with Gasteiger partial charge in [0.2, 0.25) is 0 Å². The van der Waals surface area contributed by atoms with Crippen molar-refractivity contribution in [2.45, 2.75) is 58.0 Å². The van der Waals surface area contributed by atoms with E-state index in [1.54, 1.807) is 0 Å². The van der Waals surface area contributed by atoms with Gasteiger partial charge in [-0.05, 0) is 56.4 Å². The molecule has 0 radical (unpaired) electrons. The SMILES string of the molecule is CC[C@H](C(=O)OC)N1c2ccc(Cl)cc2[C@H](C)CC1(C)C. The fourth-order valence-electron chi connectivity index (χ4n) is 3.60. The lowest BCUT2D eigenvalue weighted by atomic mass is 9.79. The summed E-state index contributed by atoms with van der Waals surface area (Å²) in [5, 5.41) is 0.742. The monoisotopic (exact) mass is 309 g/mol. The normalized spacial score (nSPS) is 21.6. The molecule has 0 saturated carbocycles. The first-order valence-electron chi connectivity index (χ1n) is 7.48. The van der Waals surface area contributed by atoms with Crippen molar-refractivity contribution < 1.29 is 9.53 Å². The zero-order chi connectivity index (χ0) is 15.8. The van der Waals surface area contributed by atoms with Crippen molar-refractivity contribution in [3.05, 3.63) is 28.8 Å². The number of ether oxygens (including phenoxy) is 1. The van der Waals surface area contributed by atoms with Crippen molar-refractivity contribution in [1.82, 2.24) is 0 Å². The molecule has 0 bridgehead atoms. The molecule has 0 spiro atoms. The summed E-state index contributed by atoms with van der Waals surface area (Å²) in [6, 6.07) is 5.68. The zero-order valence-electron chi connectivity index (χ0n) is 13.4. The third kappa shape index (κ3) is 2.89. The molecule has 1 aromatic rings. The lowest BCUT2D eigenvalue weighted by Crippen LogP contribution is -2.56. The van der Waals surface area contributed by atoms with E-state index < -0.39 is 0 Å². The molecule has 0 aromatic heterocycles. The van der Waals surface area contributed by atoms with Crippen molar-refractivity contribution in [2.24, 2.45) is 0 Å². The van der Waals surface area contributed by atoms with Gasteiger partial charge in [-0.1, -0.05) is 25.4 Å². The van der Waals surface area contributed by atoms with Gasteiger partial charge in [0.1, 0.15) is 6.04 Å². The molecule has 0 saturated heterocycles. The summed E-state index contributed by atoms with van der Waals surface area (Å²) >= 11 is 6.15. The van der Waals surface area contributed by atoms with Gasteiger partial charge in [-0.15, -0.1) is 0 Å². The highest BCUT2D eigenvalue weighted by Crippen LogP contribution is 2.45. The molecule has 116 valence electrons. The fourth-order valence-corrected chi connectivity index (χ4v) is 3.78. The maximum Gasteiger partial charge on any atom is 0.328 e. The second-order valence-electron chi connectivity index (χ2n) is 6.44. The number of carbonyl (C=O) groups excluding carboxylic acids is 1. The predicted molar refractivity (Wildman–Crippen MR) is 87.1 cm³/mol. The summed E-state index contributed by atoms with van der Waals surface area (Å²) in [7, 11) is 1.45. The summed E-state index contributed by atoms with van der Waals surface area (Å²) in [5.41, 5.74) is 2.21. The van der Waals surface area contributed by atoms with E-state index in [0.717, 1.165) is 17.1 Å². The third-order valence-corrected chi connectivity index (χ3v) is 4.64. The highest BCUT2D eigenvalue weighted by molar-refractivity contribution is 6.30. The topological polar surface area (TPSA) is 29.5 Å². The molecule has 0 unspecified atom stereocenters. The highest BCUT2D eigenvalue weighted by Gasteiger charge is 2.42. The number of hydrogen-bond acceptors (Lipinski definition) is 3. The highest BCUT2D eigenvalue weighted by atomic mass is 35.5. The molecule has 1 aliphatic heterocycles. The predicted octanol–water partition coefficient (Wildman–Crippen LogP) is 4.38. The second-order valence-corrected chi connectivity index (χ2v) is 6.87. The molecule has 2 rings (SSSR count). The van der Waals surface area contributed by atoms with Crippen LogP contribution >= 0.6 is 11.6 Å². The van der Waals surface area contributed by atoms with Crippen LogP contribution in [0.2, 0.25) is 5.02 Å². The van der Waals surface area contributed by atoms with Gasteiger partial charge in [0, 0.05) is 16.2 Å². The molecule has 21 heavy (non-hydrogen) atoms. The lowest BCUT2D eigenvalue weighted by molar-refractivity contribution is -0.142. The van der Waals surface area contributed by atoms with E-state index in [4.69, 9.17) is 16.3 Å². The molecule has 3 nitrogen and oxygen atoms in total. The van der Waals surface area contributed by atoms with E-state index in [1.807, 2.05) is 25.1 Å². The number of methoxy groups -OCH3 is 1. The van der Waals surface area contributed by atoms with Gasteiger partial charge in [-0.2, -0.15) is 0 Å². The molecule has 1 aromatic carbocycles. The van der Waals surface area contributed by atoms with Gasteiger partial charge in [-0.3, -0.25) is 0 Å². The van der Waals surface area contributed by atoms with E-state index in [2.05, 4.69) is 25.7 Å². The molecule has 0 aliphatic carbocycles. The van der Waals surface area contributed by atoms with Crippen molar-refractivity contribution in [3.8, 4) is 0 Å². The van der Waals surface area contributed by atoms with Crippen LogP contribution in [0.5, 0.6) is 0 Å². The average molecular weight is 310 g/mol. The molecule has 0 N–H and O–H groups in total. The summed E-state index contributed by atoms with van der Waals surface area (Å²) in [5.74, 6) is 0.237. The maximum absolute atomic E-state index is 12.2. The number of halogens is 1. The van der Waals surface area contributed by atoms with Gasteiger partial charge >= 0.3 is 5.97 Å². The molecule has 0 amide bonds. The fraction of sp³-hybridized carbons (Fsp3) is 0.588. The third-order valence-electron chi connectivity index (χ3n) is 4.41. The molecule has 4 heteroatoms. The minimum Gasteiger partial charge on any atom is -0.467 e. The average Bonchev–Trinajstić information content (AvgIpc) is 2.42. The number of carbonyl (C=O) groups is 1. The summed E-state index contributed by atoms with van der Waals surface area (Å²) < 4.78 is 5.01.